The smallest absolute Gasteiger partial charge is 0.126 e. The lowest BCUT2D eigenvalue weighted by atomic mass is 10.00. The predicted molar refractivity (Wildman–Crippen MR) is 76.6 cm³/mol. The van der Waals surface area contributed by atoms with Crippen molar-refractivity contribution in [3.8, 4) is 0 Å². The second-order valence-electron chi connectivity index (χ2n) is 4.71. The van der Waals surface area contributed by atoms with E-state index in [0.717, 1.165) is 12.4 Å². The number of nitrogens with one attached hydrogen (secondary N) is 1. The molecule has 0 aliphatic heterocycles. The van der Waals surface area contributed by atoms with Gasteiger partial charge in [0.2, 0.25) is 0 Å². The molecule has 0 aliphatic carbocycles. The zero-order chi connectivity index (χ0) is 13.1. The van der Waals surface area contributed by atoms with Crippen molar-refractivity contribution in [2.75, 3.05) is 11.1 Å². The Hall–Kier alpha value is -2.03. The Morgan fingerprint density at radius 3 is 2.33 bits per heavy atom. The first kappa shape index (κ1) is 12.4. The minimum absolute atomic E-state index is 0.684. The molecule has 0 atom stereocenters. The Morgan fingerprint density at radius 1 is 1.11 bits per heavy atom. The summed E-state index contributed by atoms with van der Waals surface area (Å²) in [4.78, 5) is 4.23. The average molecular weight is 241 g/mol. The van der Waals surface area contributed by atoms with Crippen molar-refractivity contribution in [1.29, 1.82) is 0 Å². The maximum atomic E-state index is 5.61. The Labute approximate surface area is 108 Å². The van der Waals surface area contributed by atoms with Crippen LogP contribution in [0.2, 0.25) is 0 Å². The van der Waals surface area contributed by atoms with Crippen molar-refractivity contribution in [2.24, 2.45) is 0 Å². The van der Waals surface area contributed by atoms with Crippen LogP contribution in [0.5, 0.6) is 0 Å². The van der Waals surface area contributed by atoms with Crippen LogP contribution in [0.25, 0.3) is 0 Å². The summed E-state index contributed by atoms with van der Waals surface area (Å²) in [6.07, 6.45) is 1.66. The molecule has 0 amide bonds. The Bertz CT molecular complexity index is 521. The molecule has 0 spiro atoms. The number of nitrogens with two attached hydrogens (primary N) is 1. The molecule has 3 nitrogen and oxygen atoms in total. The van der Waals surface area contributed by atoms with Crippen molar-refractivity contribution in [2.45, 2.75) is 27.3 Å². The molecule has 0 saturated carbocycles. The third-order valence-electron chi connectivity index (χ3n) is 3.07. The molecule has 0 aliphatic rings. The SMILES string of the molecule is Cc1cc(C)c(CNc2ccc(N)cn2)c(C)c1. The van der Waals surface area contributed by atoms with E-state index in [1.807, 2.05) is 12.1 Å². The average Bonchev–Trinajstić information content (AvgIpc) is 2.30. The van der Waals surface area contributed by atoms with E-state index < -0.39 is 0 Å². The van der Waals surface area contributed by atoms with E-state index in [0.29, 0.717) is 5.69 Å². The highest BCUT2D eigenvalue weighted by Crippen LogP contribution is 2.17. The van der Waals surface area contributed by atoms with Gasteiger partial charge in [0.15, 0.2) is 0 Å². The Morgan fingerprint density at radius 2 is 1.78 bits per heavy atom. The fourth-order valence-corrected chi connectivity index (χ4v) is 2.18. The quantitative estimate of drug-likeness (QED) is 0.867. The summed E-state index contributed by atoms with van der Waals surface area (Å²) in [7, 11) is 0. The number of nitrogen functional groups attached to an aromatic ring is 1. The molecular weight excluding hydrogens is 222 g/mol. The molecule has 0 radical (unpaired) electrons. The van der Waals surface area contributed by atoms with Gasteiger partial charge in [0.25, 0.3) is 0 Å². The van der Waals surface area contributed by atoms with Gasteiger partial charge in [-0.2, -0.15) is 0 Å². The number of aromatic nitrogens is 1. The zero-order valence-corrected chi connectivity index (χ0v) is 11.1. The Kier molecular flexibility index (Phi) is 3.51. The number of hydrogen-bond donors (Lipinski definition) is 2. The van der Waals surface area contributed by atoms with Crippen molar-refractivity contribution in [1.82, 2.24) is 4.98 Å². The minimum Gasteiger partial charge on any atom is -0.397 e. The molecule has 0 bridgehead atoms. The van der Waals surface area contributed by atoms with Gasteiger partial charge in [-0.25, -0.2) is 4.98 Å². The maximum absolute atomic E-state index is 5.61. The number of nitrogens with zero attached hydrogens (tertiary/aromatic N) is 1. The van der Waals surface area contributed by atoms with Crippen molar-refractivity contribution in [3.63, 3.8) is 0 Å². The summed E-state index contributed by atoms with van der Waals surface area (Å²) in [5.74, 6) is 0.851. The van der Waals surface area contributed by atoms with Crippen LogP contribution in [-0.2, 0) is 6.54 Å². The van der Waals surface area contributed by atoms with Gasteiger partial charge in [0, 0.05) is 6.54 Å². The summed E-state index contributed by atoms with van der Waals surface area (Å²) < 4.78 is 0. The molecule has 3 heteroatoms. The molecule has 0 unspecified atom stereocenters. The van der Waals surface area contributed by atoms with Crippen LogP contribution < -0.4 is 11.1 Å². The van der Waals surface area contributed by atoms with Crippen molar-refractivity contribution in [3.05, 3.63) is 52.7 Å². The maximum Gasteiger partial charge on any atom is 0.126 e. The number of rotatable bonds is 3. The van der Waals surface area contributed by atoms with Crippen molar-refractivity contribution < 1.29 is 0 Å². The largest absolute Gasteiger partial charge is 0.397 e. The van der Waals surface area contributed by atoms with E-state index in [1.165, 1.54) is 22.3 Å². The standard InChI is InChI=1S/C15H19N3/c1-10-6-11(2)14(12(3)7-10)9-18-15-5-4-13(16)8-17-15/h4-8H,9,16H2,1-3H3,(H,17,18). The third-order valence-corrected chi connectivity index (χ3v) is 3.07. The third kappa shape index (κ3) is 2.80. The molecule has 18 heavy (non-hydrogen) atoms. The number of hydrogen-bond acceptors (Lipinski definition) is 3. The van der Waals surface area contributed by atoms with E-state index in [2.05, 4.69) is 43.2 Å². The number of anilines is 2. The van der Waals surface area contributed by atoms with Crippen LogP contribution in [0.15, 0.2) is 30.5 Å². The van der Waals surface area contributed by atoms with Gasteiger partial charge in [-0.15, -0.1) is 0 Å². The highest BCUT2D eigenvalue weighted by Gasteiger charge is 2.04. The van der Waals surface area contributed by atoms with E-state index in [9.17, 15) is 0 Å². The van der Waals surface area contributed by atoms with E-state index in [4.69, 9.17) is 5.73 Å². The van der Waals surface area contributed by atoms with E-state index in [-0.39, 0.29) is 0 Å². The first-order valence-corrected chi connectivity index (χ1v) is 6.08. The molecule has 94 valence electrons. The van der Waals surface area contributed by atoms with Gasteiger partial charge in [-0.1, -0.05) is 17.7 Å². The molecule has 0 fully saturated rings. The fraction of sp³-hybridized carbons (Fsp3) is 0.267. The van der Waals surface area contributed by atoms with Gasteiger partial charge in [0.05, 0.1) is 11.9 Å². The lowest BCUT2D eigenvalue weighted by Gasteiger charge is -2.12. The summed E-state index contributed by atoms with van der Waals surface area (Å²) in [6.45, 7) is 7.20. The topological polar surface area (TPSA) is 50.9 Å². The molecule has 1 heterocycles. The highest BCUT2D eigenvalue weighted by atomic mass is 15.0. The normalized spacial score (nSPS) is 10.4. The summed E-state index contributed by atoms with van der Waals surface area (Å²) in [6, 6.07) is 8.17. The molecule has 1 aromatic heterocycles. The van der Waals surface area contributed by atoms with Crippen LogP contribution in [0, 0.1) is 20.8 Å². The number of pyridine rings is 1. The number of benzene rings is 1. The van der Waals surface area contributed by atoms with Crippen molar-refractivity contribution >= 4 is 11.5 Å². The van der Waals surface area contributed by atoms with Crippen LogP contribution in [0.3, 0.4) is 0 Å². The molecule has 0 saturated heterocycles. The second kappa shape index (κ2) is 5.08. The van der Waals surface area contributed by atoms with Gasteiger partial charge in [0.1, 0.15) is 5.82 Å². The summed E-state index contributed by atoms with van der Waals surface area (Å²) in [5.41, 5.74) is 11.6. The van der Waals surface area contributed by atoms with Crippen LogP contribution in [0.1, 0.15) is 22.3 Å². The van der Waals surface area contributed by atoms with Crippen LogP contribution in [0.4, 0.5) is 11.5 Å². The number of aryl methyl sites for hydroxylation is 3. The zero-order valence-electron chi connectivity index (χ0n) is 11.1. The summed E-state index contributed by atoms with van der Waals surface area (Å²) in [5, 5.41) is 3.32. The highest BCUT2D eigenvalue weighted by molar-refractivity contribution is 5.45. The van der Waals surface area contributed by atoms with Gasteiger partial charge < -0.3 is 11.1 Å². The predicted octanol–water partition coefficient (Wildman–Crippen LogP) is 3.20. The molecule has 2 rings (SSSR count). The lowest BCUT2D eigenvalue weighted by molar-refractivity contribution is 1.06. The summed E-state index contributed by atoms with van der Waals surface area (Å²) >= 11 is 0. The minimum atomic E-state index is 0.684. The second-order valence-corrected chi connectivity index (χ2v) is 4.71. The first-order valence-electron chi connectivity index (χ1n) is 6.08. The Balaban J connectivity index is 2.13. The van der Waals surface area contributed by atoms with Crippen LogP contribution in [-0.4, -0.2) is 4.98 Å². The molecular formula is C15H19N3. The monoisotopic (exact) mass is 241 g/mol. The molecule has 1 aromatic carbocycles. The van der Waals surface area contributed by atoms with Crippen LogP contribution >= 0.6 is 0 Å². The van der Waals surface area contributed by atoms with Gasteiger partial charge in [-0.05, 0) is 49.6 Å². The lowest BCUT2D eigenvalue weighted by Crippen LogP contribution is -2.05. The molecule has 2 aromatic rings. The molecule has 3 N–H and O–H groups in total. The van der Waals surface area contributed by atoms with E-state index >= 15 is 0 Å². The first-order chi connectivity index (χ1) is 8.56. The fourth-order valence-electron chi connectivity index (χ4n) is 2.18. The van der Waals surface area contributed by atoms with E-state index in [1.54, 1.807) is 6.20 Å². The van der Waals surface area contributed by atoms with Gasteiger partial charge in [-0.3, -0.25) is 0 Å². The van der Waals surface area contributed by atoms with Gasteiger partial charge >= 0.3 is 0 Å².